The molecule has 2 N–H and O–H groups in total. The third kappa shape index (κ3) is 3.68. The second-order valence-corrected chi connectivity index (χ2v) is 7.57. The maximum absolute atomic E-state index is 14.6. The van der Waals surface area contributed by atoms with E-state index in [9.17, 15) is 18.4 Å². The number of rotatable bonds is 4. The first-order valence-corrected chi connectivity index (χ1v) is 9.65. The first-order chi connectivity index (χ1) is 14.3. The summed E-state index contributed by atoms with van der Waals surface area (Å²) < 4.78 is 28.1. The quantitative estimate of drug-likeness (QED) is 0.661. The third-order valence-electron chi connectivity index (χ3n) is 5.00. The number of benzene rings is 3. The topological polar surface area (TPSA) is 58.2 Å². The van der Waals surface area contributed by atoms with Crippen LogP contribution in [0.2, 0.25) is 0 Å². The Morgan fingerprint density at radius 1 is 0.967 bits per heavy atom. The molecule has 152 valence electrons. The summed E-state index contributed by atoms with van der Waals surface area (Å²) in [5.74, 6) is -1.84. The molecular formula is C24H20F2N2O2. The summed E-state index contributed by atoms with van der Waals surface area (Å²) in [6, 6.07) is 13.8. The van der Waals surface area contributed by atoms with E-state index in [2.05, 4.69) is 10.6 Å². The Morgan fingerprint density at radius 3 is 2.50 bits per heavy atom. The molecule has 0 aromatic heterocycles. The average molecular weight is 406 g/mol. The van der Waals surface area contributed by atoms with E-state index in [0.29, 0.717) is 34.4 Å². The van der Waals surface area contributed by atoms with Crippen LogP contribution in [0.25, 0.3) is 22.3 Å². The minimum absolute atomic E-state index is 0.0119. The van der Waals surface area contributed by atoms with Crippen molar-refractivity contribution in [2.45, 2.75) is 26.4 Å². The van der Waals surface area contributed by atoms with Crippen molar-refractivity contribution in [2.75, 3.05) is 0 Å². The zero-order valence-electron chi connectivity index (χ0n) is 16.6. The van der Waals surface area contributed by atoms with Crippen LogP contribution in [0.15, 0.2) is 54.6 Å². The first-order valence-electron chi connectivity index (χ1n) is 9.65. The van der Waals surface area contributed by atoms with Gasteiger partial charge < -0.3 is 10.6 Å². The van der Waals surface area contributed by atoms with Crippen molar-refractivity contribution in [1.29, 1.82) is 0 Å². The first kappa shape index (κ1) is 19.8. The van der Waals surface area contributed by atoms with Gasteiger partial charge in [0.25, 0.3) is 11.8 Å². The molecule has 0 radical (unpaired) electrons. The van der Waals surface area contributed by atoms with Crippen molar-refractivity contribution in [2.24, 2.45) is 0 Å². The smallest absolute Gasteiger partial charge is 0.251 e. The van der Waals surface area contributed by atoms with E-state index in [0.717, 1.165) is 11.6 Å². The van der Waals surface area contributed by atoms with Gasteiger partial charge in [0, 0.05) is 35.3 Å². The Balaban J connectivity index is 1.90. The van der Waals surface area contributed by atoms with Gasteiger partial charge in [-0.05, 0) is 72.5 Å². The number of carbonyl (C=O) groups excluding carboxylic acids is 2. The molecular weight excluding hydrogens is 386 g/mol. The fraction of sp³-hybridized carbons (Fsp3) is 0.167. The van der Waals surface area contributed by atoms with Gasteiger partial charge in [0.05, 0.1) is 0 Å². The molecule has 3 aromatic rings. The Kier molecular flexibility index (Phi) is 5.08. The molecule has 3 aromatic carbocycles. The molecule has 1 heterocycles. The molecule has 2 amide bonds. The molecule has 0 fully saturated rings. The van der Waals surface area contributed by atoms with Crippen molar-refractivity contribution in [1.82, 2.24) is 10.6 Å². The molecule has 1 aliphatic rings. The van der Waals surface area contributed by atoms with Gasteiger partial charge in [-0.25, -0.2) is 8.78 Å². The Bertz CT molecular complexity index is 1170. The summed E-state index contributed by atoms with van der Waals surface area (Å²) in [7, 11) is 0. The molecule has 0 atom stereocenters. The minimum atomic E-state index is -0.719. The molecule has 4 rings (SSSR count). The highest BCUT2D eigenvalue weighted by Crippen LogP contribution is 2.37. The molecule has 0 bridgehead atoms. The number of nitrogens with one attached hydrogen (secondary N) is 2. The van der Waals surface area contributed by atoms with Gasteiger partial charge in [-0.2, -0.15) is 0 Å². The number of fused-ring (bicyclic) bond motifs is 1. The van der Waals surface area contributed by atoms with Crippen LogP contribution in [0.1, 0.15) is 40.1 Å². The number of carbonyl (C=O) groups is 2. The van der Waals surface area contributed by atoms with Crippen molar-refractivity contribution in [3.05, 3.63) is 82.9 Å². The molecule has 0 saturated carbocycles. The number of amides is 2. The van der Waals surface area contributed by atoms with Crippen molar-refractivity contribution >= 4 is 11.8 Å². The van der Waals surface area contributed by atoms with Crippen LogP contribution in [0.5, 0.6) is 0 Å². The second kappa shape index (κ2) is 7.71. The van der Waals surface area contributed by atoms with E-state index in [4.69, 9.17) is 0 Å². The lowest BCUT2D eigenvalue weighted by Gasteiger charge is -2.15. The molecule has 0 spiro atoms. The molecule has 6 heteroatoms. The number of hydrogen-bond donors (Lipinski definition) is 2. The van der Waals surface area contributed by atoms with E-state index in [-0.39, 0.29) is 23.4 Å². The van der Waals surface area contributed by atoms with Gasteiger partial charge in [-0.1, -0.05) is 12.1 Å². The third-order valence-corrected chi connectivity index (χ3v) is 5.00. The lowest BCUT2D eigenvalue weighted by atomic mass is 9.89. The summed E-state index contributed by atoms with van der Waals surface area (Å²) in [6.45, 7) is 4.13. The molecule has 0 saturated heterocycles. The van der Waals surface area contributed by atoms with Gasteiger partial charge in [0.1, 0.15) is 11.6 Å². The zero-order valence-corrected chi connectivity index (χ0v) is 16.6. The predicted octanol–water partition coefficient (Wildman–Crippen LogP) is 4.68. The number of hydrogen-bond acceptors (Lipinski definition) is 2. The average Bonchev–Trinajstić information content (AvgIpc) is 3.07. The summed E-state index contributed by atoms with van der Waals surface area (Å²) in [5.41, 5.74) is 3.74. The molecule has 0 aliphatic carbocycles. The highest BCUT2D eigenvalue weighted by atomic mass is 19.1. The predicted molar refractivity (Wildman–Crippen MR) is 111 cm³/mol. The largest absolute Gasteiger partial charge is 0.350 e. The van der Waals surface area contributed by atoms with Crippen LogP contribution in [0.3, 0.4) is 0 Å². The van der Waals surface area contributed by atoms with E-state index in [1.807, 2.05) is 26.0 Å². The summed E-state index contributed by atoms with van der Waals surface area (Å²) in [6.07, 6.45) is 0. The van der Waals surface area contributed by atoms with Crippen LogP contribution < -0.4 is 10.6 Å². The van der Waals surface area contributed by atoms with E-state index in [1.54, 1.807) is 24.3 Å². The molecule has 1 aliphatic heterocycles. The maximum Gasteiger partial charge on any atom is 0.251 e. The van der Waals surface area contributed by atoms with Crippen LogP contribution in [-0.2, 0) is 6.54 Å². The van der Waals surface area contributed by atoms with Gasteiger partial charge in [0.15, 0.2) is 0 Å². The Hall–Kier alpha value is -3.54. The van der Waals surface area contributed by atoms with Crippen LogP contribution in [-0.4, -0.2) is 17.9 Å². The number of halogens is 2. The normalized spacial score (nSPS) is 12.6. The fourth-order valence-electron chi connectivity index (χ4n) is 3.62. The van der Waals surface area contributed by atoms with Gasteiger partial charge in [0.2, 0.25) is 0 Å². The van der Waals surface area contributed by atoms with Crippen molar-refractivity contribution < 1.29 is 18.4 Å². The summed E-state index contributed by atoms with van der Waals surface area (Å²) in [5, 5.41) is 5.61. The van der Waals surface area contributed by atoms with Gasteiger partial charge >= 0.3 is 0 Å². The van der Waals surface area contributed by atoms with Crippen LogP contribution in [0, 0.1) is 11.6 Å². The minimum Gasteiger partial charge on any atom is -0.350 e. The SMILES string of the molecule is CC(C)NC(=O)c1cccc(-c2cc3c(cc2-c2ccc(F)cc2F)C(=O)NC3)c1. The summed E-state index contributed by atoms with van der Waals surface area (Å²) in [4.78, 5) is 24.6. The van der Waals surface area contributed by atoms with Gasteiger partial charge in [-0.15, -0.1) is 0 Å². The van der Waals surface area contributed by atoms with Crippen LogP contribution >= 0.6 is 0 Å². The highest BCUT2D eigenvalue weighted by molar-refractivity contribution is 6.02. The van der Waals surface area contributed by atoms with Crippen molar-refractivity contribution in [3.8, 4) is 22.3 Å². The summed E-state index contributed by atoms with van der Waals surface area (Å²) >= 11 is 0. The lowest BCUT2D eigenvalue weighted by molar-refractivity contribution is 0.0940. The molecule has 0 unspecified atom stereocenters. The highest BCUT2D eigenvalue weighted by Gasteiger charge is 2.23. The van der Waals surface area contributed by atoms with Crippen LogP contribution in [0.4, 0.5) is 8.78 Å². The standard InChI is InChI=1S/C24H20F2N2O2/c1-13(2)28-23(29)15-5-3-4-14(8-15)19-9-16-12-27-24(30)20(16)11-21(19)18-7-6-17(25)10-22(18)26/h3-11,13H,12H2,1-2H3,(H,27,30)(H,28,29). The molecule has 30 heavy (non-hydrogen) atoms. The monoisotopic (exact) mass is 406 g/mol. The molecule has 4 nitrogen and oxygen atoms in total. The Labute approximate surface area is 172 Å². The van der Waals surface area contributed by atoms with Gasteiger partial charge in [-0.3, -0.25) is 9.59 Å². The lowest BCUT2D eigenvalue weighted by Crippen LogP contribution is -2.30. The van der Waals surface area contributed by atoms with E-state index in [1.165, 1.54) is 12.1 Å². The zero-order chi connectivity index (χ0) is 21.4. The Morgan fingerprint density at radius 2 is 1.77 bits per heavy atom. The van der Waals surface area contributed by atoms with E-state index < -0.39 is 11.6 Å². The second-order valence-electron chi connectivity index (χ2n) is 7.57. The van der Waals surface area contributed by atoms with Crippen molar-refractivity contribution in [3.63, 3.8) is 0 Å². The fourth-order valence-corrected chi connectivity index (χ4v) is 3.62. The van der Waals surface area contributed by atoms with E-state index >= 15 is 0 Å². The maximum atomic E-state index is 14.6.